The lowest BCUT2D eigenvalue weighted by Gasteiger charge is -2.11. The van der Waals surface area contributed by atoms with E-state index in [-0.39, 0.29) is 11.6 Å². The Labute approximate surface area is 133 Å². The van der Waals surface area contributed by atoms with Crippen LogP contribution in [0, 0.1) is 0 Å². The summed E-state index contributed by atoms with van der Waals surface area (Å²) >= 11 is 0. The van der Waals surface area contributed by atoms with Gasteiger partial charge in [-0.25, -0.2) is 9.48 Å². The first kappa shape index (κ1) is 15.3. The molecule has 2 aromatic rings. The van der Waals surface area contributed by atoms with Gasteiger partial charge in [-0.05, 0) is 31.9 Å². The summed E-state index contributed by atoms with van der Waals surface area (Å²) in [6.07, 6.45) is 5.75. The molecule has 122 valence electrons. The maximum atomic E-state index is 12.2. The molecule has 0 saturated heterocycles. The molecular weight excluding hydrogens is 298 g/mol. The summed E-state index contributed by atoms with van der Waals surface area (Å²) < 4.78 is 3.02. The third-order valence-corrected chi connectivity index (χ3v) is 3.91. The first-order chi connectivity index (χ1) is 11.1. The molecule has 1 amide bonds. The molecule has 0 bridgehead atoms. The molecule has 0 aromatic carbocycles. The van der Waals surface area contributed by atoms with Crippen LogP contribution in [0.25, 0.3) is 0 Å². The second-order valence-electron chi connectivity index (χ2n) is 5.71. The van der Waals surface area contributed by atoms with Crippen molar-refractivity contribution in [3.05, 3.63) is 35.9 Å². The highest BCUT2D eigenvalue weighted by Gasteiger charge is 2.25. The largest absolute Gasteiger partial charge is 0.480 e. The van der Waals surface area contributed by atoms with E-state index in [1.54, 1.807) is 0 Å². The van der Waals surface area contributed by atoms with Gasteiger partial charge < -0.3 is 10.4 Å². The molecule has 1 aliphatic carbocycles. The molecular formula is C15H19N5O3. The minimum Gasteiger partial charge on any atom is -0.480 e. The average Bonchev–Trinajstić information content (AvgIpc) is 3.08. The number of rotatable bonds is 7. The van der Waals surface area contributed by atoms with Crippen molar-refractivity contribution < 1.29 is 14.7 Å². The molecule has 1 unspecified atom stereocenters. The normalized spacial score (nSPS) is 15.3. The van der Waals surface area contributed by atoms with Gasteiger partial charge in [0.1, 0.15) is 11.7 Å². The van der Waals surface area contributed by atoms with Gasteiger partial charge in [0.15, 0.2) is 0 Å². The lowest BCUT2D eigenvalue weighted by molar-refractivity contribution is -0.140. The fraction of sp³-hybridized carbons (Fsp3) is 0.467. The van der Waals surface area contributed by atoms with Gasteiger partial charge in [-0.3, -0.25) is 9.48 Å². The van der Waals surface area contributed by atoms with E-state index in [0.717, 1.165) is 5.69 Å². The van der Waals surface area contributed by atoms with Gasteiger partial charge in [0.05, 0.1) is 12.2 Å². The fourth-order valence-corrected chi connectivity index (χ4v) is 2.38. The molecule has 0 spiro atoms. The highest BCUT2D eigenvalue weighted by molar-refractivity contribution is 5.93. The number of carboxylic acids is 1. The van der Waals surface area contributed by atoms with Gasteiger partial charge in [0.2, 0.25) is 0 Å². The maximum Gasteiger partial charge on any atom is 0.328 e. The Morgan fingerprint density at radius 3 is 2.91 bits per heavy atom. The molecule has 8 heteroatoms. The average molecular weight is 317 g/mol. The number of aliphatic carboxylic acids is 1. The fourth-order valence-electron chi connectivity index (χ4n) is 2.38. The number of carbonyl (C=O) groups excluding carboxylic acids is 1. The number of nitrogens with zero attached hydrogens (tertiary/aromatic N) is 4. The highest BCUT2D eigenvalue weighted by Crippen LogP contribution is 2.38. The predicted octanol–water partition coefficient (Wildman–Crippen LogP) is 1.03. The molecule has 0 radical (unpaired) electrons. The predicted molar refractivity (Wildman–Crippen MR) is 81.1 cm³/mol. The number of carboxylic acid groups (broad SMARTS) is 1. The zero-order valence-electron chi connectivity index (χ0n) is 12.8. The van der Waals surface area contributed by atoms with Crippen molar-refractivity contribution in [2.24, 2.45) is 0 Å². The van der Waals surface area contributed by atoms with Crippen LogP contribution in [0.2, 0.25) is 0 Å². The van der Waals surface area contributed by atoms with E-state index in [1.807, 2.05) is 16.9 Å². The smallest absolute Gasteiger partial charge is 0.328 e. The second-order valence-corrected chi connectivity index (χ2v) is 5.71. The monoisotopic (exact) mass is 317 g/mol. The van der Waals surface area contributed by atoms with E-state index in [0.29, 0.717) is 19.0 Å². The Kier molecular flexibility index (Phi) is 4.14. The van der Waals surface area contributed by atoms with E-state index >= 15 is 0 Å². The summed E-state index contributed by atoms with van der Waals surface area (Å²) in [5.74, 6) is -0.769. The third-order valence-electron chi connectivity index (χ3n) is 3.91. The number of hydrogen-bond donors (Lipinski definition) is 2. The molecule has 0 aliphatic heterocycles. The van der Waals surface area contributed by atoms with Crippen molar-refractivity contribution in [2.75, 3.05) is 6.54 Å². The van der Waals surface area contributed by atoms with Crippen molar-refractivity contribution in [3.63, 3.8) is 0 Å². The molecule has 1 aliphatic rings. The molecule has 2 aromatic heterocycles. The minimum atomic E-state index is -1.04. The summed E-state index contributed by atoms with van der Waals surface area (Å²) in [6, 6.07) is 2.63. The quantitative estimate of drug-likeness (QED) is 0.794. The number of nitrogens with one attached hydrogen (secondary N) is 1. The van der Waals surface area contributed by atoms with Gasteiger partial charge in [0.25, 0.3) is 5.91 Å². The van der Waals surface area contributed by atoms with E-state index in [9.17, 15) is 9.59 Å². The Balaban J connectivity index is 1.55. The van der Waals surface area contributed by atoms with Crippen LogP contribution in [0.4, 0.5) is 0 Å². The van der Waals surface area contributed by atoms with E-state index in [4.69, 9.17) is 5.11 Å². The van der Waals surface area contributed by atoms with Crippen LogP contribution in [0.1, 0.15) is 47.9 Å². The van der Waals surface area contributed by atoms with E-state index in [2.05, 4.69) is 15.5 Å². The molecule has 1 fully saturated rings. The zero-order valence-corrected chi connectivity index (χ0v) is 12.8. The maximum absolute atomic E-state index is 12.2. The Hall–Kier alpha value is -2.64. The van der Waals surface area contributed by atoms with Crippen LogP contribution in [0.15, 0.2) is 24.5 Å². The summed E-state index contributed by atoms with van der Waals surface area (Å²) in [7, 11) is 0. The first-order valence-electron chi connectivity index (χ1n) is 7.64. The molecule has 8 nitrogen and oxygen atoms in total. The third kappa shape index (κ3) is 3.41. The van der Waals surface area contributed by atoms with Crippen LogP contribution < -0.4 is 5.32 Å². The summed E-state index contributed by atoms with van der Waals surface area (Å²) in [5.41, 5.74) is 1.35. The molecule has 2 heterocycles. The molecule has 1 saturated carbocycles. The first-order valence-corrected chi connectivity index (χ1v) is 7.64. The van der Waals surface area contributed by atoms with E-state index < -0.39 is 12.0 Å². The Bertz CT molecular complexity index is 716. The van der Waals surface area contributed by atoms with Gasteiger partial charge in [-0.2, -0.15) is 10.2 Å². The number of hydrogen-bond acceptors (Lipinski definition) is 4. The van der Waals surface area contributed by atoms with Crippen molar-refractivity contribution >= 4 is 11.9 Å². The van der Waals surface area contributed by atoms with Gasteiger partial charge in [-0.15, -0.1) is 0 Å². The zero-order chi connectivity index (χ0) is 16.4. The summed E-state index contributed by atoms with van der Waals surface area (Å²) in [5, 5.41) is 20.2. The minimum absolute atomic E-state index is 0.235. The van der Waals surface area contributed by atoms with Crippen molar-refractivity contribution in [3.8, 4) is 0 Å². The van der Waals surface area contributed by atoms with Crippen LogP contribution in [-0.2, 0) is 11.3 Å². The molecule has 23 heavy (non-hydrogen) atoms. The highest BCUT2D eigenvalue weighted by atomic mass is 16.4. The van der Waals surface area contributed by atoms with Gasteiger partial charge in [-0.1, -0.05) is 0 Å². The molecule has 1 atom stereocenters. The van der Waals surface area contributed by atoms with Crippen molar-refractivity contribution in [2.45, 2.75) is 38.3 Å². The lowest BCUT2D eigenvalue weighted by atomic mass is 10.3. The summed E-state index contributed by atoms with van der Waals surface area (Å²) in [6.45, 7) is 2.47. The number of amides is 1. The molecule has 3 rings (SSSR count). The van der Waals surface area contributed by atoms with Crippen LogP contribution in [-0.4, -0.2) is 43.1 Å². The van der Waals surface area contributed by atoms with Crippen molar-refractivity contribution in [1.29, 1.82) is 0 Å². The topological polar surface area (TPSA) is 102 Å². The summed E-state index contributed by atoms with van der Waals surface area (Å²) in [4.78, 5) is 23.2. The lowest BCUT2D eigenvalue weighted by Crippen LogP contribution is -2.31. The second kappa shape index (κ2) is 6.23. The van der Waals surface area contributed by atoms with Crippen molar-refractivity contribution in [1.82, 2.24) is 24.9 Å². The van der Waals surface area contributed by atoms with Gasteiger partial charge in [0, 0.05) is 24.9 Å². The Morgan fingerprint density at radius 2 is 2.22 bits per heavy atom. The van der Waals surface area contributed by atoms with Crippen LogP contribution in [0.5, 0.6) is 0 Å². The standard InChI is InChI=1S/C15H19N5O3/c1-10(15(22)23)20-13(4-6-17-20)14(21)16-7-9-19-8-5-12(18-19)11-2-3-11/h4-6,8,10-11H,2-3,7,9H2,1H3,(H,16,21)(H,22,23). The van der Waals surface area contributed by atoms with Crippen LogP contribution >= 0.6 is 0 Å². The Morgan fingerprint density at radius 1 is 1.43 bits per heavy atom. The SMILES string of the molecule is CC(C(=O)O)n1nccc1C(=O)NCCn1ccc(C2CC2)n1. The number of carbonyl (C=O) groups is 2. The number of aromatic nitrogens is 4. The van der Waals surface area contributed by atoms with E-state index in [1.165, 1.54) is 36.7 Å². The molecule has 2 N–H and O–H groups in total. The van der Waals surface area contributed by atoms with Crippen LogP contribution in [0.3, 0.4) is 0 Å². The van der Waals surface area contributed by atoms with Gasteiger partial charge >= 0.3 is 5.97 Å².